The van der Waals surface area contributed by atoms with Crippen molar-refractivity contribution in [1.82, 2.24) is 0 Å². The molecule has 0 bridgehead atoms. The highest BCUT2D eigenvalue weighted by atomic mass is 16.5. The van der Waals surface area contributed by atoms with Crippen LogP contribution in [0.2, 0.25) is 0 Å². The molecule has 2 aromatic rings. The second-order valence-corrected chi connectivity index (χ2v) is 7.65. The van der Waals surface area contributed by atoms with Gasteiger partial charge in [-0.3, -0.25) is 0 Å². The number of aliphatic hydroxyl groups is 4. The minimum atomic E-state index is -1.41. The normalized spacial score (nSPS) is 32.1. The average Bonchev–Trinajstić information content (AvgIpc) is 2.73. The molecule has 0 saturated carbocycles. The molecule has 5 atom stereocenters. The standard InChI is InChI=1S/C23H28O5/c1-2-14-5-8-17(23-22(27)21(26)20(25)19(12-24)28-23)11-18(14)10-13-3-4-15-6-7-16(15)9-13/h3-5,8-9,11,19-27H,2,6-7,10,12H2,1H3/t19-,20-,21+,22-,23+/m1/s1/i7D2. The van der Waals surface area contributed by atoms with Gasteiger partial charge in [0.05, 0.1) is 6.61 Å². The van der Waals surface area contributed by atoms with E-state index in [1.807, 2.05) is 36.4 Å². The molecule has 5 heteroatoms. The van der Waals surface area contributed by atoms with E-state index < -0.39 is 43.5 Å². The Labute approximate surface area is 168 Å². The van der Waals surface area contributed by atoms with Crippen LogP contribution in [0.25, 0.3) is 0 Å². The Balaban J connectivity index is 1.64. The van der Waals surface area contributed by atoms with Crippen LogP contribution in [0.3, 0.4) is 0 Å². The average molecular weight is 386 g/mol. The summed E-state index contributed by atoms with van der Waals surface area (Å²) >= 11 is 0. The lowest BCUT2D eigenvalue weighted by Gasteiger charge is -2.40. The predicted octanol–water partition coefficient (Wildman–Crippen LogP) is 1.45. The number of ether oxygens (including phenoxy) is 1. The molecule has 1 saturated heterocycles. The molecule has 1 heterocycles. The molecule has 0 spiro atoms. The third-order valence-corrected chi connectivity index (χ3v) is 5.87. The van der Waals surface area contributed by atoms with Gasteiger partial charge >= 0.3 is 0 Å². The van der Waals surface area contributed by atoms with Crippen molar-refractivity contribution >= 4 is 0 Å². The van der Waals surface area contributed by atoms with Gasteiger partial charge in [-0.05, 0) is 59.0 Å². The van der Waals surface area contributed by atoms with Crippen LogP contribution in [0.4, 0.5) is 0 Å². The Morgan fingerprint density at radius 3 is 2.54 bits per heavy atom. The monoisotopic (exact) mass is 386 g/mol. The van der Waals surface area contributed by atoms with E-state index in [0.29, 0.717) is 18.4 Å². The first kappa shape index (κ1) is 17.1. The van der Waals surface area contributed by atoms with Crippen molar-refractivity contribution in [2.45, 2.75) is 63.1 Å². The fraction of sp³-hybridized carbons (Fsp3) is 0.478. The fourth-order valence-corrected chi connectivity index (χ4v) is 4.07. The van der Waals surface area contributed by atoms with Crippen LogP contribution in [0.1, 0.15) is 49.1 Å². The zero-order valence-electron chi connectivity index (χ0n) is 17.9. The minimum absolute atomic E-state index is 0.454. The molecule has 2 aliphatic rings. The van der Waals surface area contributed by atoms with E-state index in [-0.39, 0.29) is 0 Å². The van der Waals surface area contributed by atoms with Crippen molar-refractivity contribution in [2.24, 2.45) is 0 Å². The maximum atomic E-state index is 10.5. The van der Waals surface area contributed by atoms with Crippen LogP contribution in [-0.4, -0.2) is 51.4 Å². The minimum Gasteiger partial charge on any atom is -0.394 e. The lowest BCUT2D eigenvalue weighted by atomic mass is 9.85. The summed E-state index contributed by atoms with van der Waals surface area (Å²) in [4.78, 5) is 0. The maximum absolute atomic E-state index is 10.5. The van der Waals surface area contributed by atoms with E-state index in [9.17, 15) is 20.4 Å². The molecular formula is C23H28O5. The summed E-state index contributed by atoms with van der Waals surface area (Å²) < 4.78 is 21.8. The smallest absolute Gasteiger partial charge is 0.113 e. The maximum Gasteiger partial charge on any atom is 0.113 e. The number of hydrogen-bond donors (Lipinski definition) is 4. The Kier molecular flexibility index (Phi) is 4.85. The molecule has 0 radical (unpaired) electrons. The van der Waals surface area contributed by atoms with Crippen LogP contribution < -0.4 is 0 Å². The van der Waals surface area contributed by atoms with Crippen molar-refractivity contribution in [1.29, 1.82) is 0 Å². The van der Waals surface area contributed by atoms with E-state index in [0.717, 1.165) is 34.2 Å². The van der Waals surface area contributed by atoms with Crippen molar-refractivity contribution < 1.29 is 27.9 Å². The summed E-state index contributed by atoms with van der Waals surface area (Å²) in [6, 6.07) is 11.7. The molecule has 0 unspecified atom stereocenters. The van der Waals surface area contributed by atoms with Gasteiger partial charge in [0.2, 0.25) is 0 Å². The number of aliphatic hydroxyl groups excluding tert-OH is 4. The SMILES string of the molecule is [2H]C1([2H])Cc2ccc(Cc3cc([C@@H]4O[C@H](CO)[C@@H](O)[C@H](O)[C@H]4O)ccc3CC)cc21. The summed E-state index contributed by atoms with van der Waals surface area (Å²) in [5.41, 5.74) is 5.65. The third kappa shape index (κ3) is 3.49. The predicted molar refractivity (Wildman–Crippen MR) is 105 cm³/mol. The molecule has 1 fully saturated rings. The first-order valence-electron chi connectivity index (χ1n) is 10.8. The van der Waals surface area contributed by atoms with E-state index in [4.69, 9.17) is 7.48 Å². The highest BCUT2D eigenvalue weighted by molar-refractivity contribution is 5.42. The summed E-state index contributed by atoms with van der Waals surface area (Å²) in [7, 11) is 0. The number of benzene rings is 2. The lowest BCUT2D eigenvalue weighted by Crippen LogP contribution is -2.55. The zero-order chi connectivity index (χ0) is 21.6. The molecule has 28 heavy (non-hydrogen) atoms. The Morgan fingerprint density at radius 2 is 1.82 bits per heavy atom. The van der Waals surface area contributed by atoms with Gasteiger partial charge in [0.1, 0.15) is 30.5 Å². The van der Waals surface area contributed by atoms with Crippen molar-refractivity contribution in [3.63, 3.8) is 0 Å². The molecule has 2 aromatic carbocycles. The Morgan fingerprint density at radius 1 is 1.00 bits per heavy atom. The van der Waals surface area contributed by atoms with Gasteiger partial charge in [0.15, 0.2) is 0 Å². The molecule has 0 aromatic heterocycles. The highest BCUT2D eigenvalue weighted by Gasteiger charge is 2.44. The summed E-state index contributed by atoms with van der Waals surface area (Å²) in [5.74, 6) is 0. The number of aryl methyl sites for hydroxylation is 3. The van der Waals surface area contributed by atoms with Gasteiger partial charge in [0, 0.05) is 2.74 Å². The van der Waals surface area contributed by atoms with Gasteiger partial charge in [-0.15, -0.1) is 0 Å². The van der Waals surface area contributed by atoms with Crippen molar-refractivity contribution in [3.8, 4) is 0 Å². The summed E-state index contributed by atoms with van der Waals surface area (Å²) in [6.45, 7) is 1.60. The molecule has 150 valence electrons. The third-order valence-electron chi connectivity index (χ3n) is 5.87. The topological polar surface area (TPSA) is 90.2 Å². The van der Waals surface area contributed by atoms with Gasteiger partial charge < -0.3 is 25.2 Å². The molecule has 4 rings (SSSR count). The Bertz CT molecular complexity index is 930. The largest absolute Gasteiger partial charge is 0.394 e. The molecule has 1 aliphatic heterocycles. The van der Waals surface area contributed by atoms with Crippen LogP contribution in [-0.2, 0) is 30.4 Å². The second kappa shape index (κ2) is 7.93. The van der Waals surface area contributed by atoms with E-state index >= 15 is 0 Å². The van der Waals surface area contributed by atoms with Crippen LogP contribution >= 0.6 is 0 Å². The summed E-state index contributed by atoms with van der Waals surface area (Å²) in [5, 5.41) is 40.1. The van der Waals surface area contributed by atoms with E-state index in [2.05, 4.69) is 6.92 Å². The summed E-state index contributed by atoms with van der Waals surface area (Å²) in [6.07, 6.45) is -5.31. The fourth-order valence-electron chi connectivity index (χ4n) is 4.07. The van der Waals surface area contributed by atoms with E-state index in [1.165, 1.54) is 0 Å². The first-order chi connectivity index (χ1) is 14.2. The molecule has 1 aliphatic carbocycles. The van der Waals surface area contributed by atoms with Crippen LogP contribution in [0.5, 0.6) is 0 Å². The van der Waals surface area contributed by atoms with Gasteiger partial charge in [-0.1, -0.05) is 43.3 Å². The lowest BCUT2D eigenvalue weighted by molar-refractivity contribution is -0.231. The highest BCUT2D eigenvalue weighted by Crippen LogP contribution is 2.34. The van der Waals surface area contributed by atoms with Gasteiger partial charge in [-0.2, -0.15) is 0 Å². The van der Waals surface area contributed by atoms with Crippen molar-refractivity contribution in [2.75, 3.05) is 6.61 Å². The molecule has 4 N–H and O–H groups in total. The number of fused-ring (bicyclic) bond motifs is 1. The number of rotatable bonds is 5. The van der Waals surface area contributed by atoms with E-state index in [1.54, 1.807) is 0 Å². The van der Waals surface area contributed by atoms with Crippen LogP contribution in [0.15, 0.2) is 36.4 Å². The Hall–Kier alpha value is -1.76. The van der Waals surface area contributed by atoms with Gasteiger partial charge in [-0.25, -0.2) is 0 Å². The second-order valence-electron chi connectivity index (χ2n) is 7.65. The molecule has 5 nitrogen and oxygen atoms in total. The zero-order valence-corrected chi connectivity index (χ0v) is 15.9. The number of hydrogen-bond acceptors (Lipinski definition) is 5. The van der Waals surface area contributed by atoms with Crippen LogP contribution in [0, 0.1) is 0 Å². The first-order valence-corrected chi connectivity index (χ1v) is 9.79. The quantitative estimate of drug-likeness (QED) is 0.625. The van der Waals surface area contributed by atoms with Gasteiger partial charge in [0.25, 0.3) is 0 Å². The van der Waals surface area contributed by atoms with Crippen molar-refractivity contribution in [3.05, 3.63) is 69.8 Å². The molecule has 0 amide bonds. The molecular weight excluding hydrogens is 356 g/mol.